The smallest absolute Gasteiger partial charge is 0.423 e. The summed E-state index contributed by atoms with van der Waals surface area (Å²) in [4.78, 5) is 78.5. The number of rotatable bonds is 15. The van der Waals surface area contributed by atoms with Crippen LogP contribution in [-0.4, -0.2) is 112 Å². The van der Waals surface area contributed by atoms with E-state index in [9.17, 15) is 51.3 Å². The quantitative estimate of drug-likeness (QED) is 0.0421. The van der Waals surface area contributed by atoms with Crippen molar-refractivity contribution in [2.75, 3.05) is 13.2 Å². The molecule has 0 aliphatic carbocycles. The highest BCUT2D eigenvalue weighted by molar-refractivity contribution is 9.10. The van der Waals surface area contributed by atoms with E-state index < -0.39 is 110 Å². The van der Waals surface area contributed by atoms with Crippen molar-refractivity contribution in [2.24, 2.45) is 0 Å². The Hall–Kier alpha value is -13.4. The van der Waals surface area contributed by atoms with Gasteiger partial charge in [0.25, 0.3) is 0 Å². The van der Waals surface area contributed by atoms with Gasteiger partial charge in [0.15, 0.2) is 11.2 Å². The van der Waals surface area contributed by atoms with Crippen LogP contribution in [0.15, 0.2) is 169 Å². The van der Waals surface area contributed by atoms with Crippen LogP contribution in [0.3, 0.4) is 0 Å². The second kappa shape index (κ2) is 34.5. The Morgan fingerprint density at radius 3 is 1.29 bits per heavy atom. The first-order valence-electron chi connectivity index (χ1n) is 36.9. The third-order valence-electron chi connectivity index (χ3n) is 18.5. The highest BCUT2D eigenvalue weighted by Gasteiger charge is 2.46. The average Bonchev–Trinajstić information content (AvgIpc) is 1.54. The molecule has 35 heteroatoms. The number of pyridine rings is 3. The first-order valence-corrected chi connectivity index (χ1v) is 37.7. The van der Waals surface area contributed by atoms with Crippen LogP contribution < -0.4 is 15.2 Å². The van der Waals surface area contributed by atoms with Crippen LogP contribution in [0.5, 0.6) is 12.0 Å². The van der Waals surface area contributed by atoms with Gasteiger partial charge in [-0.1, -0.05) is 27.6 Å². The summed E-state index contributed by atoms with van der Waals surface area (Å²) >= 11 is 2.89. The van der Waals surface area contributed by atoms with Crippen LogP contribution in [0.2, 0.25) is 0 Å². The first kappa shape index (κ1) is 86.9. The number of carbonyl (C=O) groups excluding carboxylic acids is 3. The minimum atomic E-state index is -2.69. The number of imidazole rings is 3. The Balaban J connectivity index is 0.000000170. The fraction of sp³-hybridized carbons (Fsp3) is 0.233. The summed E-state index contributed by atoms with van der Waals surface area (Å²) in [5.41, 5.74) is -4.04. The molecule has 15 aromatic rings. The molecule has 0 aliphatic heterocycles. The van der Waals surface area contributed by atoms with E-state index in [4.69, 9.17) is 32.5 Å². The van der Waals surface area contributed by atoms with Crippen molar-refractivity contribution in [3.8, 4) is 45.4 Å². The molecule has 0 fully saturated rings. The molecule has 2 atom stereocenters. The van der Waals surface area contributed by atoms with Gasteiger partial charge in [-0.2, -0.15) is 19.1 Å². The Labute approximate surface area is 691 Å². The number of carbonyl (C=O) groups is 3. The first-order chi connectivity index (χ1) is 57.1. The molecule has 15 rings (SSSR count). The van der Waals surface area contributed by atoms with Gasteiger partial charge in [-0.25, -0.2) is 58.9 Å². The largest absolute Gasteiger partial charge is 0.465 e. The number of aromatic nitrogens is 12. The van der Waals surface area contributed by atoms with Gasteiger partial charge in [0.2, 0.25) is 5.78 Å². The zero-order valence-corrected chi connectivity index (χ0v) is 68.5. The summed E-state index contributed by atoms with van der Waals surface area (Å²) < 4.78 is 168. The third kappa shape index (κ3) is 17.7. The van der Waals surface area contributed by atoms with E-state index in [0.717, 1.165) is 96.0 Å². The number of aryl methyl sites for hydroxylation is 6. The average molecular weight is 1740 g/mol. The van der Waals surface area contributed by atoms with Crippen LogP contribution in [0.25, 0.3) is 66.5 Å². The lowest BCUT2D eigenvalue weighted by molar-refractivity contribution is 0.0515. The van der Waals surface area contributed by atoms with E-state index in [1.165, 1.54) is 34.9 Å². The molecule has 0 spiro atoms. The molecule has 25 nitrogen and oxygen atoms in total. The molecule has 2 unspecified atom stereocenters. The molecular weight excluding hydrogens is 1660 g/mol. The minimum absolute atomic E-state index is 0. The van der Waals surface area contributed by atoms with Crippen LogP contribution in [-0.2, 0) is 20.7 Å². The number of hydrogen-bond acceptors (Lipinski definition) is 21. The van der Waals surface area contributed by atoms with E-state index in [0.29, 0.717) is 73.3 Å². The van der Waals surface area contributed by atoms with Crippen molar-refractivity contribution < 1.29 is 98.1 Å². The molecule has 0 amide bonds. The van der Waals surface area contributed by atoms with Gasteiger partial charge in [-0.05, 0) is 239 Å². The second-order valence-corrected chi connectivity index (χ2v) is 30.1. The van der Waals surface area contributed by atoms with Gasteiger partial charge in [-0.3, -0.25) is 14.8 Å². The van der Waals surface area contributed by atoms with Gasteiger partial charge >= 0.3 is 29.9 Å². The summed E-state index contributed by atoms with van der Waals surface area (Å²) in [5, 5.41) is 36.6. The Kier molecular flexibility index (Phi) is 24.8. The van der Waals surface area contributed by atoms with E-state index in [2.05, 4.69) is 66.3 Å². The van der Waals surface area contributed by atoms with Gasteiger partial charge in [0.1, 0.15) is 92.0 Å². The van der Waals surface area contributed by atoms with Crippen LogP contribution in [0, 0.1) is 93.9 Å². The minimum Gasteiger partial charge on any atom is -0.465 e. The highest BCUT2D eigenvalue weighted by Crippen LogP contribution is 2.47. The summed E-state index contributed by atoms with van der Waals surface area (Å²) in [7, 11) is 0. The molecule has 6 aromatic carbocycles. The Morgan fingerprint density at radius 2 is 0.893 bits per heavy atom. The molecule has 0 radical (unpaired) electrons. The molecule has 9 heterocycles. The Bertz CT molecular complexity index is 6440. The molecule has 0 bridgehead atoms. The zero-order chi connectivity index (χ0) is 87.8. The lowest BCUT2D eigenvalue weighted by Crippen LogP contribution is -2.33. The number of ketones is 1. The predicted molar refractivity (Wildman–Crippen MR) is 428 cm³/mol. The molecule has 0 saturated carbocycles. The summed E-state index contributed by atoms with van der Waals surface area (Å²) in [6.07, 6.45) is 1.06. The monoisotopic (exact) mass is 1740 g/mol. The number of ether oxygens (including phenoxy) is 4. The highest BCUT2D eigenvalue weighted by atomic mass is 79.9. The molecule has 9 aromatic heterocycles. The van der Waals surface area contributed by atoms with Gasteiger partial charge in [0.05, 0.1) is 109 Å². The second-order valence-electron chi connectivity index (χ2n) is 29.3. The number of fused-ring (bicyclic) bond motifs is 3. The van der Waals surface area contributed by atoms with Gasteiger partial charge in [-0.15, -0.1) is 0 Å². The number of H-pyrrole nitrogens is 2. The summed E-state index contributed by atoms with van der Waals surface area (Å²) in [5.74, 6) is -6.54. The molecular formula is C86H76BrF9N12O13. The molecule has 4 N–H and O–H groups in total. The lowest BCUT2D eigenvalue weighted by Gasteiger charge is -2.30. The van der Waals surface area contributed by atoms with E-state index in [-0.39, 0.29) is 92.5 Å². The standard InChI is InChI=1S/C31H29F3N4O5.C25H25FN4O5.C24H17F3N4O3.C6H3BrF2.H2/c1-7-41-28-36-27-20(31(40,24-12-11-19(32)15-35-24)26-21(33)9-8-10-22(26)34)13-18(25-16(2)37-43-17(25)3)14-23(27)38(28)29(39)42-30(4,5)6;1-7-33-23-28-21-17(22(31)18-9-8-16(26)12-27-18)10-15(20-13(2)29-35-14(20)3)11-19(21)30(23)24(32)34-25(4,5)6;1-11-20(12(2)34-31-11)13-8-15(22-18(9-13)29-23(32)30-22)24(33,19-7-6-14(25)10-28-19)21-16(26)4-3-5-17(21)27;7-5-2-1-4(8)3-6(5)9;/h8-15,40H,7H2,1-6H3;8-12H,7H2,1-6H3;3-10,33H,1-2H3,(H2,29,30,32);1-3H;1H/i;;;;1+1. The molecule has 0 saturated heterocycles. The maximum atomic E-state index is 15.6. The number of halogens is 10. The maximum Gasteiger partial charge on any atom is 0.423 e. The van der Waals surface area contributed by atoms with Crippen molar-refractivity contribution in [1.82, 2.24) is 59.5 Å². The SMILES string of the molecule is CCOc1nc2c(C(=O)c3ccc(F)cn3)cc(-c3c(C)noc3C)cc2n1C(=O)OC(C)(C)C.CCOc1nc2c(C(O)(c3ccc(F)cn3)c3c(F)cccc3F)cc(-c3c(C)noc3C)cc2n1C(=O)OC(C)(C)C.Cc1noc(C)c1-c1cc(C(O)(c2ccc(F)cn2)c2c(F)cccc2F)c2[nH]c(=O)[nH]c2c1.Fc1ccc(Br)c(F)c1.[2HH]. The van der Waals surface area contributed by atoms with Gasteiger partial charge in [0, 0.05) is 35.3 Å². The topological polar surface area (TPSA) is 330 Å². The number of nitrogens with zero attached hydrogens (tertiary/aromatic N) is 10. The van der Waals surface area contributed by atoms with Crippen molar-refractivity contribution >= 4 is 67.0 Å². The third-order valence-corrected chi connectivity index (χ3v) is 19.1. The predicted octanol–water partition coefficient (Wildman–Crippen LogP) is 19.0. The van der Waals surface area contributed by atoms with Crippen molar-refractivity contribution in [3.63, 3.8) is 0 Å². The molecule has 0 aliphatic rings. The normalized spacial score (nSPS) is 12.5. The molecule has 628 valence electrons. The summed E-state index contributed by atoms with van der Waals surface area (Å²) in [6.45, 7) is 24.3. The van der Waals surface area contributed by atoms with Crippen molar-refractivity contribution in [1.29, 1.82) is 0 Å². The molecule has 121 heavy (non-hydrogen) atoms. The summed E-state index contributed by atoms with van der Waals surface area (Å²) in [6, 6.07) is 25.5. The van der Waals surface area contributed by atoms with Crippen LogP contribution >= 0.6 is 15.9 Å². The van der Waals surface area contributed by atoms with E-state index in [1.807, 2.05) is 0 Å². The van der Waals surface area contributed by atoms with Crippen LogP contribution in [0.1, 0.15) is 141 Å². The van der Waals surface area contributed by atoms with Gasteiger partial charge < -0.3 is 52.7 Å². The fourth-order valence-corrected chi connectivity index (χ4v) is 13.8. The van der Waals surface area contributed by atoms with Crippen molar-refractivity contribution in [2.45, 2.75) is 119 Å². The van der Waals surface area contributed by atoms with Crippen LogP contribution in [0.4, 0.5) is 49.1 Å². The number of nitrogens with one attached hydrogen (secondary N) is 2. The van der Waals surface area contributed by atoms with Crippen molar-refractivity contribution in [3.05, 3.63) is 293 Å². The lowest BCUT2D eigenvalue weighted by atomic mass is 9.80. The zero-order valence-electron chi connectivity index (χ0n) is 66.9. The number of aliphatic hydroxyl groups is 2. The van der Waals surface area contributed by atoms with E-state index in [1.54, 1.807) is 121 Å². The maximum absolute atomic E-state index is 15.6. The number of aromatic amines is 2. The number of benzene rings is 6. The Morgan fingerprint density at radius 1 is 0.488 bits per heavy atom. The fourth-order valence-electron chi connectivity index (χ4n) is 13.5. The van der Waals surface area contributed by atoms with E-state index >= 15 is 17.6 Å². The number of hydrogen-bond donors (Lipinski definition) is 4.